The van der Waals surface area contributed by atoms with E-state index in [9.17, 15) is 36.2 Å². The average Bonchev–Trinajstić information content (AvgIpc) is 2.62. The number of aliphatic hydroxyl groups is 1. The van der Waals surface area contributed by atoms with E-state index in [4.69, 9.17) is 0 Å². The van der Waals surface area contributed by atoms with Crippen LogP contribution in [-0.4, -0.2) is 29.9 Å². The quantitative estimate of drug-likeness (QED) is 0.302. The second-order valence-corrected chi connectivity index (χ2v) is 9.43. The van der Waals surface area contributed by atoms with E-state index >= 15 is 0 Å². The summed E-state index contributed by atoms with van der Waals surface area (Å²) in [5.74, 6) is -1.21. The summed E-state index contributed by atoms with van der Waals surface area (Å²) in [6.45, 7) is -1.12. The SMILES string of the molecule is O=C(CC(F)(F)F)NCc1ccc(NC[C@@](O)(c2cc(Br)cc(Br)c2)C(F)(F)F)cc1Br. The molecule has 0 unspecified atom stereocenters. The second kappa shape index (κ2) is 10.3. The van der Waals surface area contributed by atoms with E-state index in [0.29, 0.717) is 19.0 Å². The van der Waals surface area contributed by atoms with Crippen molar-refractivity contribution in [3.8, 4) is 0 Å². The van der Waals surface area contributed by atoms with Gasteiger partial charge in [0, 0.05) is 25.7 Å². The van der Waals surface area contributed by atoms with Crippen molar-refractivity contribution in [1.82, 2.24) is 5.32 Å². The molecular weight excluding hydrogens is 642 g/mol. The Morgan fingerprint density at radius 2 is 1.53 bits per heavy atom. The smallest absolute Gasteiger partial charge is 0.381 e. The zero-order valence-electron chi connectivity index (χ0n) is 15.8. The van der Waals surface area contributed by atoms with Gasteiger partial charge in [0.2, 0.25) is 11.5 Å². The van der Waals surface area contributed by atoms with Crippen LogP contribution in [0.15, 0.2) is 49.8 Å². The number of nitrogens with one attached hydrogen (secondary N) is 2. The molecular formula is C19H15Br3F6N2O2. The molecule has 32 heavy (non-hydrogen) atoms. The van der Waals surface area contributed by atoms with Crippen molar-refractivity contribution < 1.29 is 36.2 Å². The summed E-state index contributed by atoms with van der Waals surface area (Å²) in [5, 5.41) is 15.2. The standard InChI is InChI=1S/C19H15Br3F6N2O2/c20-12-3-11(4-13(21)5-12)17(32,19(26,27)28)9-30-14-2-1-10(15(22)6-14)8-29-16(31)7-18(23,24)25/h1-6,30,32H,7-9H2,(H,29,31)/t17-/m1/s1. The summed E-state index contributed by atoms with van der Waals surface area (Å²) in [6.07, 6.45) is -11.2. The summed E-state index contributed by atoms with van der Waals surface area (Å²) in [7, 11) is 0. The number of benzene rings is 2. The van der Waals surface area contributed by atoms with E-state index in [1.54, 1.807) is 0 Å². The van der Waals surface area contributed by atoms with E-state index in [-0.39, 0.29) is 17.8 Å². The number of hydrogen-bond acceptors (Lipinski definition) is 3. The van der Waals surface area contributed by atoms with Crippen molar-refractivity contribution in [3.63, 3.8) is 0 Å². The van der Waals surface area contributed by atoms with Crippen LogP contribution in [0.4, 0.5) is 32.0 Å². The van der Waals surface area contributed by atoms with Gasteiger partial charge in [0.1, 0.15) is 6.42 Å². The summed E-state index contributed by atoms with van der Waals surface area (Å²) in [6, 6.07) is 8.02. The predicted octanol–water partition coefficient (Wildman–Crippen LogP) is 6.40. The highest BCUT2D eigenvalue weighted by Gasteiger charge is 2.55. The maximum absolute atomic E-state index is 13.7. The lowest BCUT2D eigenvalue weighted by Crippen LogP contribution is -2.47. The third-order valence-corrected chi connectivity index (χ3v) is 5.90. The van der Waals surface area contributed by atoms with E-state index in [1.807, 2.05) is 0 Å². The Morgan fingerprint density at radius 3 is 2.03 bits per heavy atom. The number of halogens is 9. The van der Waals surface area contributed by atoms with Crippen LogP contribution < -0.4 is 10.6 Å². The summed E-state index contributed by atoms with van der Waals surface area (Å²) in [5.41, 5.74) is -2.98. The second-order valence-electron chi connectivity index (χ2n) is 6.74. The number of carbonyl (C=O) groups is 1. The summed E-state index contributed by atoms with van der Waals surface area (Å²) < 4.78 is 78.9. The molecule has 2 rings (SSSR count). The monoisotopic (exact) mass is 654 g/mol. The number of carbonyl (C=O) groups excluding carboxylic acids is 1. The molecule has 1 amide bonds. The van der Waals surface area contributed by atoms with Gasteiger partial charge in [-0.15, -0.1) is 0 Å². The van der Waals surface area contributed by atoms with Crippen LogP contribution in [0, 0.1) is 0 Å². The van der Waals surface area contributed by atoms with Crippen molar-refractivity contribution in [2.75, 3.05) is 11.9 Å². The first-order chi connectivity index (χ1) is 14.6. The van der Waals surface area contributed by atoms with Crippen LogP contribution in [0.1, 0.15) is 17.5 Å². The Kier molecular flexibility index (Phi) is 8.68. The Morgan fingerprint density at radius 1 is 0.938 bits per heavy atom. The number of alkyl halides is 6. The Bertz CT molecular complexity index is 964. The van der Waals surface area contributed by atoms with Crippen LogP contribution in [-0.2, 0) is 16.9 Å². The van der Waals surface area contributed by atoms with Crippen molar-refractivity contribution >= 4 is 59.4 Å². The molecule has 0 heterocycles. The van der Waals surface area contributed by atoms with Crippen LogP contribution in [0.5, 0.6) is 0 Å². The third kappa shape index (κ3) is 7.35. The maximum atomic E-state index is 13.7. The molecule has 176 valence electrons. The molecule has 0 aromatic heterocycles. The lowest BCUT2D eigenvalue weighted by Gasteiger charge is -2.32. The minimum atomic E-state index is -5.00. The van der Waals surface area contributed by atoms with Gasteiger partial charge >= 0.3 is 12.4 Å². The van der Waals surface area contributed by atoms with Crippen LogP contribution in [0.2, 0.25) is 0 Å². The Labute approximate surface area is 204 Å². The van der Waals surface area contributed by atoms with Gasteiger partial charge in [0.15, 0.2) is 0 Å². The first kappa shape index (κ1) is 26.9. The third-order valence-electron chi connectivity index (χ3n) is 4.25. The van der Waals surface area contributed by atoms with Gasteiger partial charge in [-0.25, -0.2) is 0 Å². The summed E-state index contributed by atoms with van der Waals surface area (Å²) in [4.78, 5) is 11.3. The molecule has 0 fully saturated rings. The Balaban J connectivity index is 2.14. The molecule has 0 aliphatic rings. The number of hydrogen-bond donors (Lipinski definition) is 3. The van der Waals surface area contributed by atoms with Gasteiger partial charge in [-0.05, 0) is 41.5 Å². The molecule has 0 spiro atoms. The lowest BCUT2D eigenvalue weighted by molar-refractivity contribution is -0.260. The molecule has 0 aliphatic heterocycles. The van der Waals surface area contributed by atoms with Crippen LogP contribution in [0.3, 0.4) is 0 Å². The van der Waals surface area contributed by atoms with E-state index in [1.165, 1.54) is 24.3 Å². The van der Waals surface area contributed by atoms with Crippen LogP contribution >= 0.6 is 47.8 Å². The van der Waals surface area contributed by atoms with Gasteiger partial charge in [-0.2, -0.15) is 26.3 Å². The average molecular weight is 657 g/mol. The first-order valence-corrected chi connectivity index (χ1v) is 11.1. The molecule has 0 saturated carbocycles. The fourth-order valence-corrected chi connectivity index (χ4v) is 4.44. The van der Waals surface area contributed by atoms with E-state index < -0.39 is 36.8 Å². The molecule has 4 nitrogen and oxygen atoms in total. The minimum Gasteiger partial charge on any atom is -0.381 e. The molecule has 0 aliphatic carbocycles. The van der Waals surface area contributed by atoms with Gasteiger partial charge in [0.05, 0.1) is 6.54 Å². The molecule has 2 aromatic rings. The topological polar surface area (TPSA) is 61.4 Å². The fraction of sp³-hybridized carbons (Fsp3) is 0.316. The minimum absolute atomic E-state index is 0.207. The van der Waals surface area contributed by atoms with Crippen molar-refractivity contribution in [1.29, 1.82) is 0 Å². The summed E-state index contributed by atoms with van der Waals surface area (Å²) >= 11 is 9.37. The van der Waals surface area contributed by atoms with Crippen LogP contribution in [0.25, 0.3) is 0 Å². The Hall–Kier alpha value is -1.31. The molecule has 13 heteroatoms. The normalized spacial score (nSPS) is 14.1. The van der Waals surface area contributed by atoms with Gasteiger partial charge in [-0.3, -0.25) is 4.79 Å². The maximum Gasteiger partial charge on any atom is 0.423 e. The fourth-order valence-electron chi connectivity index (χ4n) is 2.63. The number of amides is 1. The molecule has 0 saturated heterocycles. The molecule has 2 aromatic carbocycles. The predicted molar refractivity (Wildman–Crippen MR) is 117 cm³/mol. The highest BCUT2D eigenvalue weighted by molar-refractivity contribution is 9.11. The zero-order chi connectivity index (χ0) is 24.3. The number of rotatable bonds is 7. The first-order valence-electron chi connectivity index (χ1n) is 8.72. The van der Waals surface area contributed by atoms with E-state index in [0.717, 1.165) is 12.1 Å². The van der Waals surface area contributed by atoms with Gasteiger partial charge < -0.3 is 15.7 Å². The van der Waals surface area contributed by atoms with Crippen molar-refractivity contribution in [3.05, 3.63) is 60.9 Å². The number of anilines is 1. The zero-order valence-corrected chi connectivity index (χ0v) is 20.6. The molecule has 0 bridgehead atoms. The molecule has 1 atom stereocenters. The van der Waals surface area contributed by atoms with Crippen molar-refractivity contribution in [2.24, 2.45) is 0 Å². The largest absolute Gasteiger partial charge is 0.423 e. The highest BCUT2D eigenvalue weighted by atomic mass is 79.9. The van der Waals surface area contributed by atoms with E-state index in [2.05, 4.69) is 58.4 Å². The molecule has 3 N–H and O–H groups in total. The van der Waals surface area contributed by atoms with Crippen molar-refractivity contribution in [2.45, 2.75) is 30.9 Å². The lowest BCUT2D eigenvalue weighted by atomic mass is 9.93. The highest BCUT2D eigenvalue weighted by Crippen LogP contribution is 2.41. The van der Waals surface area contributed by atoms with Gasteiger partial charge in [-0.1, -0.05) is 53.9 Å². The van der Waals surface area contributed by atoms with Gasteiger partial charge in [0.25, 0.3) is 0 Å². The molecule has 0 radical (unpaired) electrons.